The molecule has 38 heavy (non-hydrogen) atoms. The molecule has 3 amide bonds. The maximum atomic E-state index is 13.2. The first-order valence-electron chi connectivity index (χ1n) is 12.6. The van der Waals surface area contributed by atoms with Crippen molar-refractivity contribution in [1.82, 2.24) is 15.5 Å². The number of carboxylic acid groups (broad SMARTS) is 1. The number of hydrogen-bond acceptors (Lipinski definition) is 7. The summed E-state index contributed by atoms with van der Waals surface area (Å²) in [5, 5.41) is 15.0. The van der Waals surface area contributed by atoms with Crippen molar-refractivity contribution < 1.29 is 24.3 Å². The highest BCUT2D eigenvalue weighted by Gasteiger charge is 2.37. The van der Waals surface area contributed by atoms with E-state index in [4.69, 9.17) is 17.2 Å². The first-order chi connectivity index (χ1) is 18.1. The van der Waals surface area contributed by atoms with Crippen LogP contribution < -0.4 is 27.8 Å². The summed E-state index contributed by atoms with van der Waals surface area (Å²) in [5.41, 5.74) is 17.5. The second-order valence-electron chi connectivity index (χ2n) is 9.18. The smallest absolute Gasteiger partial charge is 0.326 e. The van der Waals surface area contributed by atoms with Gasteiger partial charge in [-0.3, -0.25) is 19.4 Å². The maximum absolute atomic E-state index is 13.2. The molecular formula is C25H39N7O5S. The zero-order valence-electron chi connectivity index (χ0n) is 21.7. The van der Waals surface area contributed by atoms with Crippen molar-refractivity contribution in [3.05, 3.63) is 35.9 Å². The van der Waals surface area contributed by atoms with Crippen LogP contribution in [0.1, 0.15) is 37.7 Å². The van der Waals surface area contributed by atoms with E-state index in [2.05, 4.69) is 15.6 Å². The molecule has 0 radical (unpaired) electrons. The predicted molar refractivity (Wildman–Crippen MR) is 147 cm³/mol. The number of nitrogens with zero attached hydrogens (tertiary/aromatic N) is 2. The van der Waals surface area contributed by atoms with Crippen LogP contribution in [0.2, 0.25) is 0 Å². The Morgan fingerprint density at radius 1 is 1.13 bits per heavy atom. The molecule has 1 aromatic rings. The van der Waals surface area contributed by atoms with Crippen molar-refractivity contribution in [2.45, 2.75) is 62.7 Å². The zero-order chi connectivity index (χ0) is 28.1. The Kier molecular flexibility index (Phi) is 12.9. The van der Waals surface area contributed by atoms with E-state index in [0.29, 0.717) is 50.9 Å². The van der Waals surface area contributed by atoms with Crippen LogP contribution in [0.3, 0.4) is 0 Å². The number of aliphatic carboxylic acids is 1. The van der Waals surface area contributed by atoms with Gasteiger partial charge in [-0.2, -0.15) is 11.8 Å². The Labute approximate surface area is 227 Å². The van der Waals surface area contributed by atoms with E-state index in [1.807, 2.05) is 12.3 Å². The number of rotatable bonds is 15. The number of benzene rings is 1. The molecule has 4 unspecified atom stereocenters. The number of carbonyl (C=O) groups is 4. The molecule has 0 aliphatic carbocycles. The van der Waals surface area contributed by atoms with Crippen molar-refractivity contribution in [2.75, 3.05) is 25.1 Å². The first-order valence-corrected chi connectivity index (χ1v) is 14.0. The average Bonchev–Trinajstić information content (AvgIpc) is 3.38. The molecule has 1 heterocycles. The molecule has 1 aliphatic heterocycles. The normalized spacial score (nSPS) is 17.2. The van der Waals surface area contributed by atoms with Crippen LogP contribution in [-0.4, -0.2) is 88.9 Å². The Balaban J connectivity index is 2.03. The highest BCUT2D eigenvalue weighted by molar-refractivity contribution is 7.98. The molecule has 210 valence electrons. The number of thioether (sulfide) groups is 1. The minimum atomic E-state index is -1.17. The molecule has 1 aromatic carbocycles. The van der Waals surface area contributed by atoms with Crippen LogP contribution in [0.25, 0.3) is 0 Å². The Bertz CT molecular complexity index is 974. The lowest BCUT2D eigenvalue weighted by atomic mass is 10.0. The van der Waals surface area contributed by atoms with Gasteiger partial charge >= 0.3 is 5.97 Å². The molecule has 13 heteroatoms. The van der Waals surface area contributed by atoms with Crippen LogP contribution in [0.5, 0.6) is 0 Å². The van der Waals surface area contributed by atoms with Gasteiger partial charge in [-0.25, -0.2) is 4.79 Å². The summed E-state index contributed by atoms with van der Waals surface area (Å²) in [6.07, 6.45) is 4.24. The van der Waals surface area contributed by atoms with Crippen molar-refractivity contribution >= 4 is 41.4 Å². The summed E-state index contributed by atoms with van der Waals surface area (Å²) < 4.78 is 0. The molecule has 0 spiro atoms. The number of nitrogens with one attached hydrogen (secondary N) is 2. The summed E-state index contributed by atoms with van der Waals surface area (Å²) in [6, 6.07) is 5.32. The van der Waals surface area contributed by atoms with E-state index in [0.717, 1.165) is 5.56 Å². The van der Waals surface area contributed by atoms with Crippen molar-refractivity contribution in [3.8, 4) is 0 Å². The highest BCUT2D eigenvalue weighted by atomic mass is 32.2. The fourth-order valence-electron chi connectivity index (χ4n) is 4.25. The lowest BCUT2D eigenvalue weighted by Gasteiger charge is -2.28. The number of carbonyl (C=O) groups excluding carboxylic acids is 3. The number of guanidine groups is 1. The van der Waals surface area contributed by atoms with Gasteiger partial charge in [0, 0.05) is 19.5 Å². The SMILES string of the molecule is CSCCC(NC(=O)C1CCCN1C(=O)C(N)CCCN=C(N)N)C(=O)NC(Cc1ccccc1)C(=O)O. The van der Waals surface area contributed by atoms with Crippen LogP contribution in [-0.2, 0) is 25.6 Å². The zero-order valence-corrected chi connectivity index (χ0v) is 22.5. The molecule has 1 saturated heterocycles. The predicted octanol–water partition coefficient (Wildman–Crippen LogP) is -0.592. The van der Waals surface area contributed by atoms with Gasteiger partial charge in [-0.05, 0) is 49.7 Å². The van der Waals surface area contributed by atoms with E-state index >= 15 is 0 Å². The second-order valence-corrected chi connectivity index (χ2v) is 10.2. The number of amides is 3. The topological polar surface area (TPSA) is 206 Å². The third-order valence-electron chi connectivity index (χ3n) is 6.26. The molecule has 1 aliphatic rings. The van der Waals surface area contributed by atoms with Gasteiger partial charge in [0.15, 0.2) is 5.96 Å². The molecule has 1 fully saturated rings. The lowest BCUT2D eigenvalue weighted by Crippen LogP contribution is -2.57. The monoisotopic (exact) mass is 549 g/mol. The van der Waals surface area contributed by atoms with E-state index in [1.54, 1.807) is 24.3 Å². The summed E-state index contributed by atoms with van der Waals surface area (Å²) in [7, 11) is 0. The van der Waals surface area contributed by atoms with Crippen LogP contribution in [0.15, 0.2) is 35.3 Å². The lowest BCUT2D eigenvalue weighted by molar-refractivity contribution is -0.143. The van der Waals surface area contributed by atoms with Gasteiger partial charge in [-0.1, -0.05) is 30.3 Å². The van der Waals surface area contributed by atoms with E-state index in [-0.39, 0.29) is 18.3 Å². The minimum Gasteiger partial charge on any atom is -0.480 e. The number of aliphatic imine (C=N–C) groups is 1. The third kappa shape index (κ3) is 9.86. The van der Waals surface area contributed by atoms with Gasteiger partial charge in [0.2, 0.25) is 17.7 Å². The fourth-order valence-corrected chi connectivity index (χ4v) is 4.72. The number of nitrogens with two attached hydrogens (primary N) is 3. The second kappa shape index (κ2) is 15.8. The van der Waals surface area contributed by atoms with Crippen LogP contribution >= 0.6 is 11.8 Å². The maximum Gasteiger partial charge on any atom is 0.326 e. The van der Waals surface area contributed by atoms with Crippen molar-refractivity contribution in [3.63, 3.8) is 0 Å². The Hall–Kier alpha value is -3.32. The van der Waals surface area contributed by atoms with E-state index in [9.17, 15) is 24.3 Å². The van der Waals surface area contributed by atoms with Crippen molar-refractivity contribution in [1.29, 1.82) is 0 Å². The summed E-state index contributed by atoms with van der Waals surface area (Å²) in [5.74, 6) is -2.01. The molecule has 0 saturated carbocycles. The quantitative estimate of drug-likeness (QED) is 0.0937. The molecule has 2 rings (SSSR count). The minimum absolute atomic E-state index is 0.0315. The Morgan fingerprint density at radius 2 is 1.84 bits per heavy atom. The molecule has 4 atom stereocenters. The summed E-state index contributed by atoms with van der Waals surface area (Å²) in [4.78, 5) is 56.4. The highest BCUT2D eigenvalue weighted by Crippen LogP contribution is 2.20. The van der Waals surface area contributed by atoms with E-state index in [1.165, 1.54) is 16.7 Å². The van der Waals surface area contributed by atoms with Gasteiger partial charge in [0.1, 0.15) is 18.1 Å². The standard InChI is InChI=1S/C25H39N7O5S/c1-38-14-11-18(21(33)31-19(24(36)37)15-16-7-3-2-4-8-16)30-22(34)20-10-6-13-32(20)23(35)17(26)9-5-12-29-25(27)28/h2-4,7-8,17-20H,5-6,9-15,26H2,1H3,(H,30,34)(H,31,33)(H,36,37)(H4,27,28,29). The largest absolute Gasteiger partial charge is 0.480 e. The van der Waals surface area contributed by atoms with E-state index < -0.39 is 42.0 Å². The molecule has 0 aromatic heterocycles. The third-order valence-corrected chi connectivity index (χ3v) is 6.91. The van der Waals surface area contributed by atoms with Gasteiger partial charge in [0.05, 0.1) is 6.04 Å². The average molecular weight is 550 g/mol. The fraction of sp³-hybridized carbons (Fsp3) is 0.560. The molecule has 12 nitrogen and oxygen atoms in total. The van der Waals surface area contributed by atoms with Crippen LogP contribution in [0, 0.1) is 0 Å². The van der Waals surface area contributed by atoms with Crippen molar-refractivity contribution in [2.24, 2.45) is 22.2 Å². The first kappa shape index (κ1) is 30.9. The summed E-state index contributed by atoms with van der Waals surface area (Å²) in [6.45, 7) is 0.736. The van der Waals surface area contributed by atoms with Crippen LogP contribution in [0.4, 0.5) is 0 Å². The number of carboxylic acids is 1. The van der Waals surface area contributed by atoms with Gasteiger partial charge < -0.3 is 37.8 Å². The molecular weight excluding hydrogens is 510 g/mol. The number of hydrogen-bond donors (Lipinski definition) is 6. The van der Waals surface area contributed by atoms with Gasteiger partial charge in [-0.15, -0.1) is 0 Å². The molecule has 0 bridgehead atoms. The Morgan fingerprint density at radius 3 is 2.47 bits per heavy atom. The molecule has 9 N–H and O–H groups in total. The number of likely N-dealkylation sites (tertiary alicyclic amines) is 1. The summed E-state index contributed by atoms with van der Waals surface area (Å²) >= 11 is 1.50. The van der Waals surface area contributed by atoms with Gasteiger partial charge in [0.25, 0.3) is 0 Å².